The van der Waals surface area contributed by atoms with Crippen molar-refractivity contribution in [3.05, 3.63) is 211 Å². The van der Waals surface area contributed by atoms with Crippen LogP contribution in [0.4, 0.5) is 0 Å². The maximum atomic E-state index is 11.5. The third-order valence-electron chi connectivity index (χ3n) is 11.5. The van der Waals surface area contributed by atoms with Crippen molar-refractivity contribution in [2.45, 2.75) is 13.7 Å². The van der Waals surface area contributed by atoms with Crippen LogP contribution in [0.1, 0.15) is 19.4 Å². The van der Waals surface area contributed by atoms with Crippen LogP contribution in [-0.2, 0) is 0 Å². The molecule has 290 valence electrons. The van der Waals surface area contributed by atoms with Crippen molar-refractivity contribution in [1.82, 2.24) is 19.1 Å². The van der Waals surface area contributed by atoms with Gasteiger partial charge in [0.05, 0.1) is 39.0 Å². The molecule has 3 heterocycles. The number of imidazole rings is 1. The smallest absolute Gasteiger partial charge is 0.149 e. The molecular weight excluding hydrogens is 745 g/mol. The molecule has 3 aromatic heterocycles. The number of rotatable bonds is 7. The van der Waals surface area contributed by atoms with Crippen LogP contribution < -0.4 is 0 Å². The van der Waals surface area contributed by atoms with E-state index < -0.39 is 13.7 Å². The number of aryl methyl sites for hydroxylation is 2. The highest BCUT2D eigenvalue weighted by Crippen LogP contribution is 2.45. The van der Waals surface area contributed by atoms with Crippen LogP contribution in [0, 0.1) is 13.7 Å². The van der Waals surface area contributed by atoms with Crippen molar-refractivity contribution in [2.75, 3.05) is 0 Å². The Morgan fingerprint density at radius 2 is 1.20 bits per heavy atom. The largest absolute Gasteiger partial charge is 0.507 e. The number of hydrogen-bond acceptors (Lipinski definition) is 3. The first-order valence-electron chi connectivity index (χ1n) is 23.1. The number of pyridine rings is 1. The summed E-state index contributed by atoms with van der Waals surface area (Å²) >= 11 is 0. The predicted molar refractivity (Wildman–Crippen MR) is 252 cm³/mol. The van der Waals surface area contributed by atoms with E-state index in [1.165, 1.54) is 0 Å². The van der Waals surface area contributed by atoms with Gasteiger partial charge in [0.15, 0.2) is 0 Å². The third-order valence-corrected chi connectivity index (χ3v) is 11.5. The highest BCUT2D eigenvalue weighted by Gasteiger charge is 2.25. The van der Waals surface area contributed by atoms with Gasteiger partial charge in [0.2, 0.25) is 0 Å². The lowest BCUT2D eigenvalue weighted by Gasteiger charge is -2.17. The van der Waals surface area contributed by atoms with Gasteiger partial charge in [-0.2, -0.15) is 0 Å². The normalized spacial score (nSPS) is 13.4. The molecule has 0 unspecified atom stereocenters. The van der Waals surface area contributed by atoms with Gasteiger partial charge in [-0.1, -0.05) is 132 Å². The highest BCUT2D eigenvalue weighted by molar-refractivity contribution is 6.17. The molecule has 11 rings (SSSR count). The Hall–Kier alpha value is -8.02. The molecule has 61 heavy (non-hydrogen) atoms. The Morgan fingerprint density at radius 1 is 0.475 bits per heavy atom. The van der Waals surface area contributed by atoms with Crippen molar-refractivity contribution in [3.8, 4) is 73.2 Å². The first-order chi connectivity index (χ1) is 32.4. The number of nitrogens with zero attached hydrogens (tertiary/aromatic N) is 4. The first-order valence-corrected chi connectivity index (χ1v) is 20.1. The molecule has 0 radical (unpaired) electrons. The zero-order chi connectivity index (χ0) is 46.0. The number of phenols is 1. The molecule has 0 bridgehead atoms. The summed E-state index contributed by atoms with van der Waals surface area (Å²) in [5.74, 6) is 0.530. The van der Waals surface area contributed by atoms with Crippen LogP contribution in [0.15, 0.2) is 200 Å². The quantitative estimate of drug-likeness (QED) is 0.175. The molecule has 0 spiro atoms. The standard InChI is InChI=1S/C56H40N4O/c1-36-24-27-38(28-25-36)40-30-31-57-49(35-40)41-33-47-43-18-9-11-21-50(43)59(42-16-7-4-8-17-42)55(47)48(34-41)44-20-13-22-52-54(44)58-56(45-19-10-12-23-53(45)61)60(52)51-29-26-37(2)32-46(51)39-14-5-3-6-15-39/h3-35,61H,1-2H3/i1D3,2D3. The van der Waals surface area contributed by atoms with Crippen LogP contribution >= 0.6 is 0 Å². The van der Waals surface area contributed by atoms with E-state index in [9.17, 15) is 5.11 Å². The van der Waals surface area contributed by atoms with Gasteiger partial charge >= 0.3 is 0 Å². The molecule has 8 aromatic carbocycles. The topological polar surface area (TPSA) is 55.9 Å². The van der Waals surface area contributed by atoms with Crippen molar-refractivity contribution in [3.63, 3.8) is 0 Å². The monoisotopic (exact) mass is 790 g/mol. The molecule has 0 amide bonds. The van der Waals surface area contributed by atoms with E-state index in [1.807, 2.05) is 120 Å². The summed E-state index contributed by atoms with van der Waals surface area (Å²) in [7, 11) is 0. The molecule has 11 aromatic rings. The van der Waals surface area contributed by atoms with E-state index in [1.54, 1.807) is 42.6 Å². The van der Waals surface area contributed by atoms with Gasteiger partial charge in [-0.25, -0.2) is 4.98 Å². The number of fused-ring (bicyclic) bond motifs is 4. The van der Waals surface area contributed by atoms with Gasteiger partial charge in [-0.05, 0) is 103 Å². The molecule has 0 aliphatic heterocycles. The summed E-state index contributed by atoms with van der Waals surface area (Å²) in [6.45, 7) is -4.55. The average molecular weight is 791 g/mol. The summed E-state index contributed by atoms with van der Waals surface area (Å²) in [6.07, 6.45) is 1.78. The summed E-state index contributed by atoms with van der Waals surface area (Å²) < 4.78 is 53.0. The lowest BCUT2D eigenvalue weighted by molar-refractivity contribution is 0.477. The van der Waals surface area contributed by atoms with Crippen LogP contribution in [0.5, 0.6) is 5.75 Å². The van der Waals surface area contributed by atoms with Gasteiger partial charge < -0.3 is 9.67 Å². The molecule has 1 N–H and O–H groups in total. The molecule has 5 nitrogen and oxygen atoms in total. The van der Waals surface area contributed by atoms with E-state index in [-0.39, 0.29) is 16.9 Å². The second kappa shape index (κ2) is 14.7. The minimum absolute atomic E-state index is 0.0496. The number of benzene rings is 8. The minimum atomic E-state index is -2.35. The lowest BCUT2D eigenvalue weighted by Crippen LogP contribution is -2.01. The van der Waals surface area contributed by atoms with E-state index in [2.05, 4.69) is 47.0 Å². The Kier molecular flexibility index (Phi) is 7.23. The minimum Gasteiger partial charge on any atom is -0.507 e. The number of para-hydroxylation sites is 4. The zero-order valence-corrected chi connectivity index (χ0v) is 32.8. The molecule has 0 atom stereocenters. The van der Waals surface area contributed by atoms with Gasteiger partial charge in [0.1, 0.15) is 11.6 Å². The van der Waals surface area contributed by atoms with Gasteiger partial charge in [0, 0.05) is 53.1 Å². The second-order valence-electron chi connectivity index (χ2n) is 15.2. The van der Waals surface area contributed by atoms with Crippen molar-refractivity contribution >= 4 is 32.8 Å². The lowest BCUT2D eigenvalue weighted by atomic mass is 9.95. The summed E-state index contributed by atoms with van der Waals surface area (Å²) in [4.78, 5) is 10.4. The number of aromatic nitrogens is 4. The zero-order valence-electron chi connectivity index (χ0n) is 38.8. The van der Waals surface area contributed by atoms with Crippen LogP contribution in [0.3, 0.4) is 0 Å². The first kappa shape index (κ1) is 30.1. The summed E-state index contributed by atoms with van der Waals surface area (Å²) in [6, 6.07) is 62.1. The molecule has 5 heteroatoms. The fourth-order valence-corrected chi connectivity index (χ4v) is 8.71. The van der Waals surface area contributed by atoms with E-state index in [0.29, 0.717) is 28.2 Å². The summed E-state index contributed by atoms with van der Waals surface area (Å²) in [5.41, 5.74) is 12.7. The van der Waals surface area contributed by atoms with Gasteiger partial charge in [-0.3, -0.25) is 9.55 Å². The average Bonchev–Trinajstić information content (AvgIpc) is 3.90. The van der Waals surface area contributed by atoms with E-state index in [4.69, 9.17) is 18.2 Å². The number of aromatic hydroxyl groups is 1. The fourth-order valence-electron chi connectivity index (χ4n) is 8.71. The molecular formula is C56H40N4O. The Labute approximate surface area is 362 Å². The van der Waals surface area contributed by atoms with E-state index >= 15 is 0 Å². The maximum absolute atomic E-state index is 11.5. The molecule has 0 fully saturated rings. The summed E-state index contributed by atoms with van der Waals surface area (Å²) in [5, 5.41) is 13.6. The second-order valence-corrected chi connectivity index (χ2v) is 15.2. The van der Waals surface area contributed by atoms with Gasteiger partial charge in [0.25, 0.3) is 0 Å². The van der Waals surface area contributed by atoms with Crippen molar-refractivity contribution in [1.29, 1.82) is 0 Å². The molecule has 0 saturated carbocycles. The molecule has 0 aliphatic carbocycles. The number of hydrogen-bond donors (Lipinski definition) is 1. The molecule has 0 saturated heterocycles. The Balaban J connectivity index is 1.22. The van der Waals surface area contributed by atoms with Gasteiger partial charge in [-0.15, -0.1) is 0 Å². The fraction of sp³-hybridized carbons (Fsp3) is 0.0357. The van der Waals surface area contributed by atoms with Crippen molar-refractivity contribution < 1.29 is 13.3 Å². The SMILES string of the molecule is [2H]C([2H])([2H])c1ccc(-c2ccnc(-c3cc(-c4cccc5c4nc(-c4ccccc4O)n5-c4ccc(C([2H])([2H])[2H])cc4-c4ccccc4)c4c(c3)c3ccccc3n4-c3ccccc3)c2)cc1. The Bertz CT molecular complexity index is 3670. The highest BCUT2D eigenvalue weighted by atomic mass is 16.3. The molecule has 0 aliphatic rings. The van der Waals surface area contributed by atoms with Crippen LogP contribution in [0.2, 0.25) is 0 Å². The Morgan fingerprint density at radius 3 is 2.02 bits per heavy atom. The van der Waals surface area contributed by atoms with Crippen LogP contribution in [-0.4, -0.2) is 24.2 Å². The predicted octanol–water partition coefficient (Wildman–Crippen LogP) is 14.2. The van der Waals surface area contributed by atoms with Crippen LogP contribution in [0.25, 0.3) is 100 Å². The van der Waals surface area contributed by atoms with Crippen molar-refractivity contribution in [2.24, 2.45) is 0 Å². The third kappa shape index (κ3) is 6.18. The van der Waals surface area contributed by atoms with E-state index in [0.717, 1.165) is 72.1 Å². The number of phenolic OH excluding ortho intramolecular Hbond substituents is 1. The maximum Gasteiger partial charge on any atom is 0.149 e.